The van der Waals surface area contributed by atoms with Crippen molar-refractivity contribution in [3.63, 3.8) is 0 Å². The number of aromatic nitrogens is 4. The van der Waals surface area contributed by atoms with Gasteiger partial charge in [0.15, 0.2) is 0 Å². The van der Waals surface area contributed by atoms with E-state index >= 15 is 0 Å². The molecule has 2 fully saturated rings. The van der Waals surface area contributed by atoms with Gasteiger partial charge in [0.25, 0.3) is 5.91 Å². The van der Waals surface area contributed by atoms with Gasteiger partial charge in [-0.2, -0.15) is 0 Å². The van der Waals surface area contributed by atoms with Gasteiger partial charge in [0.05, 0.1) is 43.9 Å². The maximum Gasteiger partial charge on any atom is 0.407 e. The molecule has 3 aromatic carbocycles. The molecule has 5 heterocycles. The number of methoxy groups -OCH3 is 2. The lowest BCUT2D eigenvalue weighted by Gasteiger charge is -2.30. The van der Waals surface area contributed by atoms with Crippen LogP contribution in [0.4, 0.5) is 9.59 Å². The van der Waals surface area contributed by atoms with Crippen molar-refractivity contribution in [1.29, 1.82) is 0 Å². The lowest BCUT2D eigenvalue weighted by molar-refractivity contribution is -0.135. The number of aromatic amines is 2. The number of ether oxygens (including phenoxy) is 3. The highest BCUT2D eigenvalue weighted by molar-refractivity contribution is 5.88. The van der Waals surface area contributed by atoms with Crippen LogP contribution in [0.5, 0.6) is 5.75 Å². The number of fused-ring (bicyclic) bond motifs is 6. The first kappa shape index (κ1) is 39.8. The molecule has 0 radical (unpaired) electrons. The SMILES string of the molecule is COC(=O)NC(C(=O)N1CCC[C@H]1c1nc2c([nH]1)CCc1cc3c(cc1-2)OCc1cc(-c2cnc([C@@H]4CCCN4C(=O)C(NC(=O)OC)C(C)C)[nH]2)ccc1-3)c1ccccc1. The molecule has 15 heteroatoms. The van der Waals surface area contributed by atoms with Crippen molar-refractivity contribution in [3.05, 3.63) is 101 Å². The van der Waals surface area contributed by atoms with Crippen molar-refractivity contribution in [2.24, 2.45) is 5.92 Å². The van der Waals surface area contributed by atoms with Crippen molar-refractivity contribution < 1.29 is 33.4 Å². The van der Waals surface area contributed by atoms with Crippen LogP contribution < -0.4 is 15.4 Å². The van der Waals surface area contributed by atoms with E-state index in [1.165, 1.54) is 19.8 Å². The highest BCUT2D eigenvalue weighted by Gasteiger charge is 2.39. The Balaban J connectivity index is 0.937. The monoisotopic (exact) mass is 826 g/mol. The molecule has 4 amide bonds. The van der Waals surface area contributed by atoms with Crippen LogP contribution in [0.3, 0.4) is 0 Å². The summed E-state index contributed by atoms with van der Waals surface area (Å²) in [5, 5.41) is 5.45. The second-order valence-electron chi connectivity index (χ2n) is 16.5. The van der Waals surface area contributed by atoms with Crippen LogP contribution in [0.15, 0.2) is 66.9 Å². The van der Waals surface area contributed by atoms with Crippen LogP contribution in [-0.2, 0) is 38.5 Å². The van der Waals surface area contributed by atoms with Crippen LogP contribution >= 0.6 is 0 Å². The van der Waals surface area contributed by atoms with Gasteiger partial charge in [0, 0.05) is 29.9 Å². The molecule has 9 rings (SSSR count). The van der Waals surface area contributed by atoms with E-state index in [1.807, 2.05) is 60.2 Å². The molecule has 4 atom stereocenters. The number of hydrogen-bond donors (Lipinski definition) is 4. The number of aryl methyl sites for hydroxylation is 2. The number of imidazole rings is 2. The third kappa shape index (κ3) is 7.46. The Morgan fingerprint density at radius 3 is 2.25 bits per heavy atom. The lowest BCUT2D eigenvalue weighted by Crippen LogP contribution is -2.51. The van der Waals surface area contributed by atoms with Gasteiger partial charge in [0.1, 0.15) is 36.1 Å². The second-order valence-corrected chi connectivity index (χ2v) is 16.5. The van der Waals surface area contributed by atoms with E-state index in [0.29, 0.717) is 31.1 Å². The predicted molar refractivity (Wildman–Crippen MR) is 225 cm³/mol. The highest BCUT2D eigenvalue weighted by atomic mass is 16.5. The number of hydrogen-bond acceptors (Lipinski definition) is 9. The van der Waals surface area contributed by atoms with Crippen LogP contribution in [-0.4, -0.2) is 87.1 Å². The van der Waals surface area contributed by atoms with Gasteiger partial charge >= 0.3 is 12.2 Å². The van der Waals surface area contributed by atoms with Crippen LogP contribution in [0, 0.1) is 5.92 Å². The van der Waals surface area contributed by atoms with E-state index in [9.17, 15) is 19.2 Å². The molecule has 0 spiro atoms. The molecule has 3 aliphatic heterocycles. The molecule has 15 nitrogen and oxygen atoms in total. The van der Waals surface area contributed by atoms with E-state index in [4.69, 9.17) is 24.2 Å². The summed E-state index contributed by atoms with van der Waals surface area (Å²) in [6.45, 7) is 5.34. The van der Waals surface area contributed by atoms with E-state index in [0.717, 1.165) is 95.0 Å². The minimum absolute atomic E-state index is 0.116. The topological polar surface area (TPSA) is 184 Å². The maximum absolute atomic E-state index is 14.1. The largest absolute Gasteiger partial charge is 0.488 e. The lowest BCUT2D eigenvalue weighted by atomic mass is 9.86. The Bertz CT molecular complexity index is 2500. The number of nitrogens with zero attached hydrogens (tertiary/aromatic N) is 4. The molecule has 4 N–H and O–H groups in total. The molecular weight excluding hydrogens is 777 g/mol. The molecule has 2 saturated heterocycles. The van der Waals surface area contributed by atoms with Gasteiger partial charge in [-0.1, -0.05) is 56.3 Å². The summed E-state index contributed by atoms with van der Waals surface area (Å²) in [6.07, 6.45) is 5.31. The minimum Gasteiger partial charge on any atom is -0.488 e. The third-order valence-corrected chi connectivity index (χ3v) is 12.5. The first-order valence-corrected chi connectivity index (χ1v) is 21.0. The Morgan fingerprint density at radius 1 is 0.787 bits per heavy atom. The van der Waals surface area contributed by atoms with E-state index in [1.54, 1.807) is 0 Å². The fourth-order valence-electron chi connectivity index (χ4n) is 9.37. The van der Waals surface area contributed by atoms with Crippen molar-refractivity contribution in [3.8, 4) is 39.4 Å². The molecule has 5 aromatic rings. The molecule has 2 unspecified atom stereocenters. The number of H-pyrrole nitrogens is 2. The van der Waals surface area contributed by atoms with Gasteiger partial charge in [-0.05, 0) is 90.5 Å². The molecular formula is C46H50N8O7. The smallest absolute Gasteiger partial charge is 0.407 e. The van der Waals surface area contributed by atoms with Gasteiger partial charge in [-0.25, -0.2) is 19.6 Å². The van der Waals surface area contributed by atoms with Gasteiger partial charge in [-0.15, -0.1) is 0 Å². The third-order valence-electron chi connectivity index (χ3n) is 12.5. The molecule has 316 valence electrons. The maximum atomic E-state index is 14.1. The Morgan fingerprint density at radius 2 is 1.51 bits per heavy atom. The fraction of sp³-hybridized carbons (Fsp3) is 0.391. The van der Waals surface area contributed by atoms with Gasteiger partial charge in [0.2, 0.25) is 5.91 Å². The van der Waals surface area contributed by atoms with Crippen LogP contribution in [0.25, 0.3) is 33.6 Å². The first-order valence-electron chi connectivity index (χ1n) is 21.0. The average Bonchev–Trinajstić information content (AvgIpc) is 4.13. The Kier molecular flexibility index (Phi) is 10.7. The summed E-state index contributed by atoms with van der Waals surface area (Å²) in [4.78, 5) is 72.8. The standard InChI is InChI=1S/C46H50N8O7/c1-25(2)38(51-45(57)59-3)43(55)53-18-8-12-35(53)41-47-23-34(49-41)28-14-16-30-29(20-28)24-61-37-22-31-27(21-32(30)37)15-17-33-40(31)50-42(48-33)36-13-9-19-54(36)44(56)39(52-46(58)60-4)26-10-6-5-7-11-26/h5-7,10-11,14,16,20-23,25,35-36,38-39H,8-9,12-13,15,17-19,24H2,1-4H3,(H,47,49)(H,48,50)(H,51,57)(H,52,58)/t35-,36-,38?,39?/m0/s1. The Labute approximate surface area is 353 Å². The number of alkyl carbamates (subject to hydrolysis) is 2. The summed E-state index contributed by atoms with van der Waals surface area (Å²) < 4.78 is 16.1. The van der Waals surface area contributed by atoms with Crippen LogP contribution in [0.2, 0.25) is 0 Å². The summed E-state index contributed by atoms with van der Waals surface area (Å²) in [7, 11) is 2.58. The Hall–Kier alpha value is -6.64. The van der Waals surface area contributed by atoms with Gasteiger partial charge < -0.3 is 44.6 Å². The van der Waals surface area contributed by atoms with E-state index in [-0.39, 0.29) is 29.8 Å². The van der Waals surface area contributed by atoms with Crippen molar-refractivity contribution >= 4 is 24.0 Å². The number of likely N-dealkylation sites (tertiary alicyclic amines) is 2. The van der Waals surface area contributed by atoms with E-state index < -0.39 is 24.3 Å². The predicted octanol–water partition coefficient (Wildman–Crippen LogP) is 6.93. The van der Waals surface area contributed by atoms with Gasteiger partial charge in [-0.3, -0.25) is 9.59 Å². The minimum atomic E-state index is -0.888. The molecule has 2 aromatic heterocycles. The summed E-state index contributed by atoms with van der Waals surface area (Å²) >= 11 is 0. The summed E-state index contributed by atoms with van der Waals surface area (Å²) in [5.41, 5.74) is 9.84. The van der Waals surface area contributed by atoms with E-state index in [2.05, 4.69) is 50.9 Å². The number of rotatable bonds is 9. The first-order chi connectivity index (χ1) is 29.6. The van der Waals surface area contributed by atoms with Crippen molar-refractivity contribution in [2.75, 3.05) is 27.3 Å². The molecule has 0 bridgehead atoms. The molecule has 61 heavy (non-hydrogen) atoms. The zero-order valence-corrected chi connectivity index (χ0v) is 34.7. The summed E-state index contributed by atoms with van der Waals surface area (Å²) in [6, 6.07) is 17.8. The number of benzene rings is 3. The zero-order chi connectivity index (χ0) is 42.4. The summed E-state index contributed by atoms with van der Waals surface area (Å²) in [5.74, 6) is 1.79. The highest BCUT2D eigenvalue weighted by Crippen LogP contribution is 2.46. The average molecular weight is 827 g/mol. The van der Waals surface area contributed by atoms with Crippen LogP contribution in [0.1, 0.15) is 91.7 Å². The zero-order valence-electron chi connectivity index (χ0n) is 34.7. The molecule has 0 saturated carbocycles. The fourth-order valence-corrected chi connectivity index (χ4v) is 9.37. The quantitative estimate of drug-likeness (QED) is 0.122. The number of carbonyl (C=O) groups is 4. The molecule has 4 aliphatic rings. The van der Waals surface area contributed by atoms with Crippen molar-refractivity contribution in [1.82, 2.24) is 40.4 Å². The van der Waals surface area contributed by atoms with Crippen molar-refractivity contribution in [2.45, 2.75) is 83.1 Å². The number of amides is 4. The normalized spacial score (nSPS) is 18.6. The second kappa shape index (κ2) is 16.4. The molecule has 1 aliphatic carbocycles. The number of carbonyl (C=O) groups excluding carboxylic acids is 4. The number of nitrogens with one attached hydrogen (secondary N) is 4.